The molecule has 0 aromatic rings. The molecular formula is C19H32P2. The molecular weight excluding hydrogens is 290 g/mol. The summed E-state index contributed by atoms with van der Waals surface area (Å²) in [7, 11) is 1.02. The third-order valence-electron chi connectivity index (χ3n) is 8.43. The normalized spacial score (nSPS) is 65.7. The van der Waals surface area contributed by atoms with E-state index in [1.165, 1.54) is 54.8 Å². The van der Waals surface area contributed by atoms with E-state index in [2.05, 4.69) is 27.7 Å². The van der Waals surface area contributed by atoms with Gasteiger partial charge in [0.05, 0.1) is 0 Å². The highest BCUT2D eigenvalue weighted by atomic mass is 32.1. The van der Waals surface area contributed by atoms with Crippen molar-refractivity contribution < 1.29 is 0 Å². The highest BCUT2D eigenvalue weighted by Crippen LogP contribution is 3.17. The zero-order valence-electron chi connectivity index (χ0n) is 14.3. The molecule has 2 heteroatoms. The van der Waals surface area contributed by atoms with Crippen molar-refractivity contribution in [3.63, 3.8) is 0 Å². The van der Waals surface area contributed by atoms with Gasteiger partial charge in [-0.3, -0.25) is 0 Å². The van der Waals surface area contributed by atoms with Gasteiger partial charge in [-0.25, -0.2) is 0 Å². The van der Waals surface area contributed by atoms with Crippen LogP contribution in [0.3, 0.4) is 0 Å². The lowest BCUT2D eigenvalue weighted by Gasteiger charge is -2.22. The molecule has 0 bridgehead atoms. The quantitative estimate of drug-likeness (QED) is 0.519. The summed E-state index contributed by atoms with van der Waals surface area (Å²) in [4.78, 5) is 0. The molecule has 21 heavy (non-hydrogen) atoms. The van der Waals surface area contributed by atoms with Gasteiger partial charge >= 0.3 is 0 Å². The monoisotopic (exact) mass is 322 g/mol. The molecule has 2 heterocycles. The zero-order chi connectivity index (χ0) is 14.6. The van der Waals surface area contributed by atoms with Gasteiger partial charge in [0.25, 0.3) is 0 Å². The second kappa shape index (κ2) is 4.28. The van der Waals surface area contributed by atoms with Gasteiger partial charge in [0, 0.05) is 10.6 Å². The fraction of sp³-hybridized carbons (Fsp3) is 1.00. The Bertz CT molecular complexity index is 422. The molecule has 0 spiro atoms. The van der Waals surface area contributed by atoms with Crippen molar-refractivity contribution in [1.82, 2.24) is 0 Å². The summed E-state index contributed by atoms with van der Waals surface area (Å²) in [5, 5.41) is 2.24. The minimum absolute atomic E-state index is 0.497. The summed E-state index contributed by atoms with van der Waals surface area (Å²) >= 11 is 0. The lowest BCUT2D eigenvalue weighted by Crippen LogP contribution is -2.16. The van der Waals surface area contributed by atoms with Crippen LogP contribution in [0.5, 0.6) is 0 Å². The third kappa shape index (κ3) is 1.29. The van der Waals surface area contributed by atoms with Crippen LogP contribution in [-0.4, -0.2) is 16.7 Å². The predicted octanol–water partition coefficient (Wildman–Crippen LogP) is 6.49. The van der Waals surface area contributed by atoms with E-state index in [-0.39, 0.29) is 0 Å². The standard InChI is InChI=1S/C19H32P2/c1-5-12-13-10-9-11-20-16(8-4)21(20)19-14(6-2)18(19,17(12)13)15(19)7-3/h12-17H,5-11H2,1-4H3. The van der Waals surface area contributed by atoms with E-state index in [1.54, 1.807) is 19.0 Å². The Morgan fingerprint density at radius 1 is 0.952 bits per heavy atom. The van der Waals surface area contributed by atoms with Crippen molar-refractivity contribution in [3.8, 4) is 0 Å². The van der Waals surface area contributed by atoms with Crippen molar-refractivity contribution in [2.75, 3.05) is 6.16 Å². The summed E-state index contributed by atoms with van der Waals surface area (Å²) in [6.45, 7) is 10.0. The molecule has 2 saturated heterocycles. The smallest absolute Gasteiger partial charge is 0.00831 e. The molecule has 5 rings (SSSR count). The Morgan fingerprint density at radius 3 is 2.24 bits per heavy atom. The van der Waals surface area contributed by atoms with Crippen molar-refractivity contribution in [1.29, 1.82) is 0 Å². The van der Waals surface area contributed by atoms with Crippen LogP contribution in [0.4, 0.5) is 0 Å². The van der Waals surface area contributed by atoms with E-state index in [9.17, 15) is 0 Å². The lowest BCUT2D eigenvalue weighted by atomic mass is 9.87. The maximum atomic E-state index is 2.53. The summed E-state index contributed by atoms with van der Waals surface area (Å²) in [6.07, 6.45) is 11.0. The first kappa shape index (κ1) is 14.2. The highest BCUT2D eigenvalue weighted by molar-refractivity contribution is 8.47. The number of rotatable bonds is 4. The summed E-state index contributed by atoms with van der Waals surface area (Å²) in [6, 6.07) is 0. The van der Waals surface area contributed by atoms with Gasteiger partial charge < -0.3 is 0 Å². The number of hydrogen-bond acceptors (Lipinski definition) is 0. The van der Waals surface area contributed by atoms with E-state index < -0.39 is 0 Å². The molecule has 118 valence electrons. The second-order valence-electron chi connectivity index (χ2n) is 8.48. The maximum Gasteiger partial charge on any atom is 0.00831 e. The average molecular weight is 322 g/mol. The van der Waals surface area contributed by atoms with Crippen molar-refractivity contribution >= 4 is 15.2 Å². The molecule has 8 unspecified atom stereocenters. The molecule has 0 nitrogen and oxygen atoms in total. The van der Waals surface area contributed by atoms with Crippen molar-refractivity contribution in [3.05, 3.63) is 0 Å². The van der Waals surface area contributed by atoms with Gasteiger partial charge in [-0.1, -0.05) is 62.2 Å². The molecule has 2 aliphatic heterocycles. The molecule has 5 fully saturated rings. The Balaban J connectivity index is 1.54. The number of hydrogen-bond donors (Lipinski definition) is 0. The molecule has 0 radical (unpaired) electrons. The molecule has 5 aliphatic rings. The molecule has 0 N–H and O–H groups in total. The Morgan fingerprint density at radius 2 is 1.67 bits per heavy atom. The molecule has 0 amide bonds. The van der Waals surface area contributed by atoms with Gasteiger partial charge in [0.1, 0.15) is 0 Å². The van der Waals surface area contributed by atoms with Gasteiger partial charge in [0.15, 0.2) is 0 Å². The van der Waals surface area contributed by atoms with E-state index in [0.29, 0.717) is 15.2 Å². The Hall–Kier alpha value is 0.860. The SMILES string of the molecule is CCC1C2CCCP3C(CC)P3C34C(CC)C3(C12)C4CC. The van der Waals surface area contributed by atoms with Gasteiger partial charge in [-0.15, -0.1) is 0 Å². The first-order valence-electron chi connectivity index (χ1n) is 9.82. The average Bonchev–Trinajstić information content (AvgIpc) is 3.36. The van der Waals surface area contributed by atoms with Crippen LogP contribution in [0.15, 0.2) is 0 Å². The fourth-order valence-corrected chi connectivity index (χ4v) is 21.7. The van der Waals surface area contributed by atoms with Crippen LogP contribution in [0, 0.1) is 35.0 Å². The summed E-state index contributed by atoms with van der Waals surface area (Å²) in [5.41, 5.74) is 0.933. The van der Waals surface area contributed by atoms with Crippen LogP contribution in [-0.2, 0) is 0 Å². The first-order valence-corrected chi connectivity index (χ1v) is 13.5. The Kier molecular flexibility index (Phi) is 2.90. The molecule has 0 aromatic heterocycles. The minimum atomic E-state index is 0.497. The molecule has 8 atom stereocenters. The topological polar surface area (TPSA) is 0 Å². The molecule has 0 aromatic carbocycles. The van der Waals surface area contributed by atoms with Gasteiger partial charge in [-0.2, -0.15) is 0 Å². The number of fused-ring (bicyclic) bond motifs is 2. The van der Waals surface area contributed by atoms with Crippen molar-refractivity contribution in [2.24, 2.45) is 35.0 Å². The third-order valence-corrected chi connectivity index (χ3v) is 18.8. The van der Waals surface area contributed by atoms with Crippen LogP contribution < -0.4 is 0 Å². The highest BCUT2D eigenvalue weighted by Gasteiger charge is 3.03. The molecule has 3 saturated carbocycles. The van der Waals surface area contributed by atoms with Gasteiger partial charge in [0.2, 0.25) is 0 Å². The Labute approximate surface area is 133 Å². The van der Waals surface area contributed by atoms with Crippen molar-refractivity contribution in [2.45, 2.75) is 76.8 Å². The minimum Gasteiger partial charge on any atom is -0.0718 e. The van der Waals surface area contributed by atoms with Crippen LogP contribution in [0.2, 0.25) is 0 Å². The molecule has 3 aliphatic carbocycles. The van der Waals surface area contributed by atoms with Gasteiger partial charge in [-0.05, 0) is 60.4 Å². The van der Waals surface area contributed by atoms with Crippen LogP contribution in [0.1, 0.15) is 66.2 Å². The first-order chi connectivity index (χ1) is 10.3. The predicted molar refractivity (Wildman–Crippen MR) is 95.5 cm³/mol. The largest absolute Gasteiger partial charge is 0.0718 e. The lowest BCUT2D eigenvalue weighted by molar-refractivity contribution is 0.309. The van der Waals surface area contributed by atoms with E-state index in [0.717, 1.165) is 16.5 Å². The van der Waals surface area contributed by atoms with E-state index in [1.807, 2.05) is 0 Å². The summed E-state index contributed by atoms with van der Waals surface area (Å²) in [5.74, 6) is 5.92. The van der Waals surface area contributed by atoms with Crippen LogP contribution in [0.25, 0.3) is 0 Å². The zero-order valence-corrected chi connectivity index (χ0v) is 16.1. The summed E-state index contributed by atoms with van der Waals surface area (Å²) < 4.78 is 0. The van der Waals surface area contributed by atoms with E-state index in [4.69, 9.17) is 0 Å². The van der Waals surface area contributed by atoms with Crippen LogP contribution >= 0.6 is 15.2 Å². The second-order valence-corrected chi connectivity index (χ2v) is 15.7. The van der Waals surface area contributed by atoms with E-state index >= 15 is 0 Å². The fourth-order valence-electron chi connectivity index (χ4n) is 8.10. The maximum absolute atomic E-state index is 2.53.